The fourth-order valence-corrected chi connectivity index (χ4v) is 3.15. The number of halogens is 4. The summed E-state index contributed by atoms with van der Waals surface area (Å²) in [5, 5.41) is 22.1. The number of carbonyl (C=O) groups excluding carboxylic acids is 1. The predicted molar refractivity (Wildman–Crippen MR) is 111 cm³/mol. The van der Waals surface area contributed by atoms with Crippen molar-refractivity contribution in [3.63, 3.8) is 0 Å². The van der Waals surface area contributed by atoms with Crippen LogP contribution in [0.25, 0.3) is 0 Å². The molecule has 1 aliphatic heterocycles. The van der Waals surface area contributed by atoms with E-state index in [4.69, 9.17) is 21.5 Å². The van der Waals surface area contributed by atoms with Crippen molar-refractivity contribution in [1.29, 1.82) is 0 Å². The van der Waals surface area contributed by atoms with Crippen LogP contribution in [-0.4, -0.2) is 52.1 Å². The van der Waals surface area contributed by atoms with E-state index < -0.39 is 17.1 Å². The van der Waals surface area contributed by atoms with Gasteiger partial charge in [0, 0.05) is 36.8 Å². The number of para-hydroxylation sites is 1. The van der Waals surface area contributed by atoms with Gasteiger partial charge in [0.2, 0.25) is 0 Å². The lowest BCUT2D eigenvalue weighted by molar-refractivity contribution is -0.384. The number of hydrogen-bond donors (Lipinski definition) is 2. The van der Waals surface area contributed by atoms with Crippen LogP contribution >= 0.6 is 11.6 Å². The van der Waals surface area contributed by atoms with Crippen LogP contribution in [0.3, 0.4) is 0 Å². The number of nitrogens with one attached hydrogen (secondary N) is 1. The Hall–Kier alpha value is -3.34. The second kappa shape index (κ2) is 10.8. The summed E-state index contributed by atoms with van der Waals surface area (Å²) in [6.45, 7) is 1.20. The maximum Gasteiger partial charge on any atom is 0.490 e. The summed E-state index contributed by atoms with van der Waals surface area (Å²) in [6.07, 6.45) is -3.49. The number of rotatable bonds is 4. The van der Waals surface area contributed by atoms with Crippen LogP contribution < -0.4 is 5.32 Å². The standard InChI is InChI=1S/C18H18ClN3O3.C2HF3O2/c19-16-6-1-2-7-17(16)20-14-8-10-21(11-9-14)18(23)13-4-3-5-15(12-13)22(24)25;3-2(4,5)1(6)7/h1-7,12,14,20H,8-11H2;(H,6,7). The Labute approximate surface area is 185 Å². The Morgan fingerprint density at radius 3 is 2.25 bits per heavy atom. The highest BCUT2D eigenvalue weighted by atomic mass is 35.5. The molecule has 0 radical (unpaired) electrons. The molecule has 1 heterocycles. The highest BCUT2D eigenvalue weighted by Gasteiger charge is 2.38. The molecule has 2 N–H and O–H groups in total. The summed E-state index contributed by atoms with van der Waals surface area (Å²) in [7, 11) is 0. The van der Waals surface area contributed by atoms with Gasteiger partial charge in [-0.2, -0.15) is 13.2 Å². The summed E-state index contributed by atoms with van der Waals surface area (Å²) in [5.41, 5.74) is 1.18. The number of hydrogen-bond acceptors (Lipinski definition) is 5. The highest BCUT2D eigenvalue weighted by Crippen LogP contribution is 2.25. The number of alkyl halides is 3. The van der Waals surface area contributed by atoms with Gasteiger partial charge in [0.05, 0.1) is 15.6 Å². The molecule has 0 aliphatic carbocycles. The smallest absolute Gasteiger partial charge is 0.475 e. The molecule has 1 amide bonds. The Morgan fingerprint density at radius 1 is 1.12 bits per heavy atom. The fourth-order valence-electron chi connectivity index (χ4n) is 2.96. The van der Waals surface area contributed by atoms with Crippen molar-refractivity contribution in [2.75, 3.05) is 18.4 Å². The van der Waals surface area contributed by atoms with Crippen LogP contribution in [0.4, 0.5) is 24.5 Å². The lowest BCUT2D eigenvalue weighted by Gasteiger charge is -2.33. The molecular formula is C20H19ClF3N3O5. The molecule has 0 unspecified atom stereocenters. The van der Waals surface area contributed by atoms with E-state index in [-0.39, 0.29) is 17.6 Å². The van der Waals surface area contributed by atoms with Gasteiger partial charge in [0.15, 0.2) is 0 Å². The topological polar surface area (TPSA) is 113 Å². The van der Waals surface area contributed by atoms with E-state index in [2.05, 4.69) is 5.32 Å². The van der Waals surface area contributed by atoms with E-state index in [9.17, 15) is 28.1 Å². The second-order valence-electron chi connectivity index (χ2n) is 6.80. The van der Waals surface area contributed by atoms with Crippen LogP contribution in [0.1, 0.15) is 23.2 Å². The molecule has 1 fully saturated rings. The summed E-state index contributed by atoms with van der Waals surface area (Å²) >= 11 is 6.16. The molecule has 32 heavy (non-hydrogen) atoms. The molecule has 2 aromatic carbocycles. The van der Waals surface area contributed by atoms with Gasteiger partial charge in [0.1, 0.15) is 0 Å². The minimum absolute atomic E-state index is 0.0684. The summed E-state index contributed by atoms with van der Waals surface area (Å²) in [4.78, 5) is 33.6. The van der Waals surface area contributed by atoms with E-state index in [0.717, 1.165) is 18.5 Å². The minimum atomic E-state index is -5.08. The van der Waals surface area contributed by atoms with Crippen LogP contribution in [0.2, 0.25) is 5.02 Å². The normalized spacial score (nSPS) is 14.2. The lowest BCUT2D eigenvalue weighted by Crippen LogP contribution is -2.42. The van der Waals surface area contributed by atoms with E-state index in [0.29, 0.717) is 23.7 Å². The van der Waals surface area contributed by atoms with Crippen LogP contribution in [0, 0.1) is 10.1 Å². The number of nitrogens with zero attached hydrogens (tertiary/aromatic N) is 2. The molecule has 2 aromatic rings. The molecule has 3 rings (SSSR count). The zero-order valence-electron chi connectivity index (χ0n) is 16.5. The molecule has 0 spiro atoms. The van der Waals surface area contributed by atoms with E-state index >= 15 is 0 Å². The number of anilines is 1. The van der Waals surface area contributed by atoms with Crippen LogP contribution in [0.15, 0.2) is 48.5 Å². The molecule has 1 aliphatic rings. The van der Waals surface area contributed by atoms with Crippen molar-refractivity contribution in [1.82, 2.24) is 4.90 Å². The maximum absolute atomic E-state index is 12.6. The molecule has 0 aromatic heterocycles. The van der Waals surface area contributed by atoms with Crippen LogP contribution in [-0.2, 0) is 4.79 Å². The number of non-ortho nitro benzene ring substituents is 1. The van der Waals surface area contributed by atoms with Gasteiger partial charge in [0.25, 0.3) is 11.6 Å². The SMILES string of the molecule is O=C(O)C(F)(F)F.O=C(c1cccc([N+](=O)[O-])c1)N1CCC(Nc2ccccc2Cl)CC1. The Balaban J connectivity index is 0.000000451. The van der Waals surface area contributed by atoms with Crippen molar-refractivity contribution in [2.45, 2.75) is 25.1 Å². The molecule has 0 atom stereocenters. The molecular weight excluding hydrogens is 455 g/mol. The van der Waals surface area contributed by atoms with Crippen molar-refractivity contribution in [2.24, 2.45) is 0 Å². The maximum atomic E-state index is 12.6. The number of carbonyl (C=O) groups is 2. The Bertz CT molecular complexity index is 979. The molecule has 172 valence electrons. The number of nitro groups is 1. The summed E-state index contributed by atoms with van der Waals surface area (Å²) in [6, 6.07) is 13.7. The van der Waals surface area contributed by atoms with Crippen molar-refractivity contribution in [3.05, 3.63) is 69.2 Å². The van der Waals surface area contributed by atoms with Gasteiger partial charge in [-0.25, -0.2) is 4.79 Å². The molecule has 0 saturated carbocycles. The lowest BCUT2D eigenvalue weighted by atomic mass is 10.0. The van der Waals surface area contributed by atoms with Gasteiger partial charge in [-0.1, -0.05) is 29.8 Å². The van der Waals surface area contributed by atoms with E-state index in [1.807, 2.05) is 24.3 Å². The second-order valence-corrected chi connectivity index (χ2v) is 7.21. The predicted octanol–water partition coefficient (Wildman–Crippen LogP) is 4.60. The fraction of sp³-hybridized carbons (Fsp3) is 0.300. The molecule has 0 bridgehead atoms. The first-order chi connectivity index (χ1) is 15.0. The van der Waals surface area contributed by atoms with Gasteiger partial charge >= 0.3 is 12.1 Å². The number of carboxylic acid groups (broad SMARTS) is 1. The van der Waals surface area contributed by atoms with Gasteiger partial charge in [-0.3, -0.25) is 14.9 Å². The zero-order chi connectivity index (χ0) is 23.9. The third kappa shape index (κ3) is 7.12. The third-order valence-corrected chi connectivity index (χ3v) is 4.89. The van der Waals surface area contributed by atoms with Crippen molar-refractivity contribution in [3.8, 4) is 0 Å². The third-order valence-electron chi connectivity index (χ3n) is 4.56. The summed E-state index contributed by atoms with van der Waals surface area (Å²) in [5.74, 6) is -2.92. The van der Waals surface area contributed by atoms with Gasteiger partial charge < -0.3 is 15.3 Å². The van der Waals surface area contributed by atoms with Crippen LogP contribution in [0.5, 0.6) is 0 Å². The average Bonchev–Trinajstić information content (AvgIpc) is 2.75. The Morgan fingerprint density at radius 2 is 1.72 bits per heavy atom. The molecule has 8 nitrogen and oxygen atoms in total. The number of aliphatic carboxylic acids is 1. The highest BCUT2D eigenvalue weighted by molar-refractivity contribution is 6.33. The Kier molecular flexibility index (Phi) is 8.41. The van der Waals surface area contributed by atoms with Crippen molar-refractivity contribution >= 4 is 34.9 Å². The first-order valence-electron chi connectivity index (χ1n) is 9.34. The summed E-state index contributed by atoms with van der Waals surface area (Å²) < 4.78 is 31.7. The largest absolute Gasteiger partial charge is 0.490 e. The average molecular weight is 474 g/mol. The zero-order valence-corrected chi connectivity index (χ0v) is 17.3. The molecule has 12 heteroatoms. The number of piperidine rings is 1. The molecule has 1 saturated heterocycles. The first-order valence-corrected chi connectivity index (χ1v) is 9.71. The van der Waals surface area contributed by atoms with E-state index in [1.54, 1.807) is 11.0 Å². The first kappa shape index (κ1) is 24.9. The number of carboxylic acids is 1. The number of amides is 1. The quantitative estimate of drug-likeness (QED) is 0.495. The monoisotopic (exact) mass is 473 g/mol. The van der Waals surface area contributed by atoms with E-state index in [1.165, 1.54) is 18.2 Å². The number of nitro benzene ring substituents is 1. The van der Waals surface area contributed by atoms with Crippen molar-refractivity contribution < 1.29 is 32.8 Å². The number of benzene rings is 2. The minimum Gasteiger partial charge on any atom is -0.475 e. The van der Waals surface area contributed by atoms with Gasteiger partial charge in [-0.05, 0) is 31.0 Å². The number of likely N-dealkylation sites (tertiary alicyclic amines) is 1. The van der Waals surface area contributed by atoms with Gasteiger partial charge in [-0.15, -0.1) is 0 Å².